The molecule has 0 saturated heterocycles. The normalized spacial score (nSPS) is 11.6. The standard InChI is InChI=1S/C26H27O3P/c1-20(27)24(25(28)29-26(2,3)4)30(21-14-8-5-9-15-21,22-16-10-6-11-17-22)23-18-12-7-13-19-23/h5-19,27H,1H2,2-4H3. The van der Waals surface area contributed by atoms with E-state index < -0.39 is 18.5 Å². The van der Waals surface area contributed by atoms with E-state index in [4.69, 9.17) is 4.74 Å². The Morgan fingerprint density at radius 1 is 0.767 bits per heavy atom. The van der Waals surface area contributed by atoms with Crippen molar-refractivity contribution < 1.29 is 14.6 Å². The lowest BCUT2D eigenvalue weighted by Crippen LogP contribution is -2.37. The molecule has 0 aromatic heterocycles. The second-order valence-electron chi connectivity index (χ2n) is 7.97. The van der Waals surface area contributed by atoms with Crippen LogP contribution in [0, 0.1) is 0 Å². The molecule has 0 heterocycles. The number of aliphatic hydroxyl groups is 1. The van der Waals surface area contributed by atoms with Crippen molar-refractivity contribution in [3.8, 4) is 0 Å². The van der Waals surface area contributed by atoms with E-state index in [0.717, 1.165) is 15.9 Å². The lowest BCUT2D eigenvalue weighted by molar-refractivity contribution is -0.145. The van der Waals surface area contributed by atoms with Crippen LogP contribution in [-0.2, 0) is 9.53 Å². The van der Waals surface area contributed by atoms with E-state index in [1.807, 2.05) is 112 Å². The molecule has 0 unspecified atom stereocenters. The van der Waals surface area contributed by atoms with Crippen molar-refractivity contribution in [2.75, 3.05) is 0 Å². The smallest absolute Gasteiger partial charge is 0.343 e. The van der Waals surface area contributed by atoms with Gasteiger partial charge in [-0.05, 0) is 43.6 Å². The molecule has 0 radical (unpaired) electrons. The maximum atomic E-state index is 13.5. The zero-order valence-corrected chi connectivity index (χ0v) is 18.5. The van der Waals surface area contributed by atoms with Crippen LogP contribution in [0.2, 0.25) is 0 Å². The van der Waals surface area contributed by atoms with Crippen LogP contribution in [0.5, 0.6) is 0 Å². The van der Waals surface area contributed by atoms with Crippen molar-refractivity contribution in [2.24, 2.45) is 0 Å². The van der Waals surface area contributed by atoms with Crippen LogP contribution in [0.25, 0.3) is 0 Å². The highest BCUT2D eigenvalue weighted by molar-refractivity contribution is 7.96. The van der Waals surface area contributed by atoms with E-state index in [9.17, 15) is 9.90 Å². The quantitative estimate of drug-likeness (QED) is 0.375. The summed E-state index contributed by atoms with van der Waals surface area (Å²) >= 11 is 0. The molecular weight excluding hydrogens is 391 g/mol. The maximum Gasteiger partial charge on any atom is 0.343 e. The summed E-state index contributed by atoms with van der Waals surface area (Å²) in [6, 6.07) is 29.5. The number of ether oxygens (including phenoxy) is 1. The molecule has 0 fully saturated rings. The fourth-order valence-electron chi connectivity index (χ4n) is 3.56. The number of benzene rings is 3. The van der Waals surface area contributed by atoms with Gasteiger partial charge in [0.1, 0.15) is 16.7 Å². The first kappa shape index (κ1) is 21.7. The van der Waals surface area contributed by atoms with Gasteiger partial charge in [-0.25, -0.2) is 4.79 Å². The van der Waals surface area contributed by atoms with Crippen LogP contribution in [0.3, 0.4) is 0 Å². The molecule has 0 aliphatic heterocycles. The largest absolute Gasteiger partial charge is 0.508 e. The van der Waals surface area contributed by atoms with Crippen LogP contribution >= 0.6 is 6.89 Å². The molecule has 0 saturated carbocycles. The third-order valence-electron chi connectivity index (χ3n) is 4.63. The second-order valence-corrected chi connectivity index (χ2v) is 11.3. The van der Waals surface area contributed by atoms with E-state index in [0.29, 0.717) is 0 Å². The SMILES string of the molecule is C=C(O)C(C(=O)OC(C)(C)C)=P(c1ccccc1)(c1ccccc1)c1ccccc1. The van der Waals surface area contributed by atoms with Crippen molar-refractivity contribution in [2.45, 2.75) is 26.4 Å². The van der Waals surface area contributed by atoms with Gasteiger partial charge in [-0.1, -0.05) is 97.6 Å². The molecule has 0 aliphatic rings. The highest BCUT2D eigenvalue weighted by Crippen LogP contribution is 2.47. The fourth-order valence-corrected chi connectivity index (χ4v) is 7.80. The van der Waals surface area contributed by atoms with E-state index in [1.165, 1.54) is 0 Å². The van der Waals surface area contributed by atoms with Crippen LogP contribution in [-0.4, -0.2) is 22.0 Å². The van der Waals surface area contributed by atoms with Crippen molar-refractivity contribution >= 4 is 34.1 Å². The van der Waals surface area contributed by atoms with Crippen molar-refractivity contribution in [1.82, 2.24) is 0 Å². The summed E-state index contributed by atoms with van der Waals surface area (Å²) in [5.74, 6) is -0.825. The summed E-state index contributed by atoms with van der Waals surface area (Å²) in [6.45, 7) is 6.47. The number of carbonyl (C=O) groups excluding carboxylic acids is 1. The minimum atomic E-state index is -2.77. The summed E-state index contributed by atoms with van der Waals surface area (Å²) in [4.78, 5) is 13.5. The maximum absolute atomic E-state index is 13.5. The minimum absolute atomic E-state index is 0.209. The fraction of sp³-hybridized carbons (Fsp3) is 0.154. The number of esters is 1. The Hall–Kier alpha value is -3.03. The summed E-state index contributed by atoms with van der Waals surface area (Å²) < 4.78 is 5.76. The van der Waals surface area contributed by atoms with Gasteiger partial charge in [0.15, 0.2) is 0 Å². The Morgan fingerprint density at radius 3 is 1.37 bits per heavy atom. The summed E-state index contributed by atoms with van der Waals surface area (Å²) in [7, 11) is 0. The van der Waals surface area contributed by atoms with Gasteiger partial charge in [0.2, 0.25) is 0 Å². The summed E-state index contributed by atoms with van der Waals surface area (Å²) in [5.41, 5.74) is -0.711. The molecule has 154 valence electrons. The van der Waals surface area contributed by atoms with Gasteiger partial charge in [-0.15, -0.1) is 0 Å². The second kappa shape index (κ2) is 8.77. The van der Waals surface area contributed by atoms with Gasteiger partial charge < -0.3 is 9.84 Å². The first-order valence-corrected chi connectivity index (χ1v) is 11.6. The highest BCUT2D eigenvalue weighted by atomic mass is 31.2. The molecule has 0 atom stereocenters. The first-order valence-electron chi connectivity index (χ1n) is 9.82. The van der Waals surface area contributed by atoms with Gasteiger partial charge in [0.25, 0.3) is 0 Å². The predicted molar refractivity (Wildman–Crippen MR) is 128 cm³/mol. The van der Waals surface area contributed by atoms with Crippen molar-refractivity contribution in [1.29, 1.82) is 0 Å². The lowest BCUT2D eigenvalue weighted by Gasteiger charge is -2.32. The van der Waals surface area contributed by atoms with Crippen LogP contribution in [0.1, 0.15) is 20.8 Å². The number of carbonyl (C=O) groups is 1. The molecule has 4 heteroatoms. The Balaban J connectivity index is 2.58. The average Bonchev–Trinajstić information content (AvgIpc) is 2.72. The van der Waals surface area contributed by atoms with E-state index in [1.54, 1.807) is 0 Å². The summed E-state index contributed by atoms with van der Waals surface area (Å²) in [6.07, 6.45) is 0. The van der Waals surface area contributed by atoms with E-state index in [-0.39, 0.29) is 11.1 Å². The molecule has 3 rings (SSSR count). The Bertz CT molecular complexity index is 976. The minimum Gasteiger partial charge on any atom is -0.508 e. The van der Waals surface area contributed by atoms with Gasteiger partial charge in [0, 0.05) is 0 Å². The molecule has 30 heavy (non-hydrogen) atoms. The van der Waals surface area contributed by atoms with E-state index in [2.05, 4.69) is 6.58 Å². The monoisotopic (exact) mass is 418 g/mol. The van der Waals surface area contributed by atoms with Gasteiger partial charge in [-0.2, -0.15) is 0 Å². The third kappa shape index (κ3) is 4.27. The zero-order chi connectivity index (χ0) is 21.8. The molecule has 0 spiro atoms. The molecule has 0 aliphatic carbocycles. The molecule has 3 nitrogen and oxygen atoms in total. The molecule has 0 bridgehead atoms. The third-order valence-corrected chi connectivity index (χ3v) is 8.96. The van der Waals surface area contributed by atoms with E-state index >= 15 is 0 Å². The molecule has 1 N–H and O–H groups in total. The Kier molecular flexibility index (Phi) is 6.34. The van der Waals surface area contributed by atoms with Crippen LogP contribution in [0.15, 0.2) is 103 Å². The van der Waals surface area contributed by atoms with Crippen LogP contribution < -0.4 is 15.9 Å². The van der Waals surface area contributed by atoms with Crippen molar-refractivity contribution in [3.63, 3.8) is 0 Å². The summed E-state index contributed by atoms with van der Waals surface area (Å²) in [5, 5.41) is 13.8. The topological polar surface area (TPSA) is 46.5 Å². The van der Waals surface area contributed by atoms with Gasteiger partial charge in [0.05, 0.1) is 0 Å². The molecular formula is C26H27O3P. The number of aliphatic hydroxyl groups excluding tert-OH is 1. The number of hydrogen-bond donors (Lipinski definition) is 1. The molecule has 3 aromatic carbocycles. The zero-order valence-electron chi connectivity index (χ0n) is 17.6. The Morgan fingerprint density at radius 2 is 1.10 bits per heavy atom. The molecule has 3 aromatic rings. The number of rotatable bonds is 5. The van der Waals surface area contributed by atoms with Crippen LogP contribution in [0.4, 0.5) is 0 Å². The average molecular weight is 418 g/mol. The highest BCUT2D eigenvalue weighted by Gasteiger charge is 2.36. The predicted octanol–water partition coefficient (Wildman–Crippen LogP) is 4.57. The Labute approximate surface area is 178 Å². The van der Waals surface area contributed by atoms with Gasteiger partial charge >= 0.3 is 5.97 Å². The lowest BCUT2D eigenvalue weighted by atomic mass is 10.2. The first-order chi connectivity index (χ1) is 14.3. The molecule has 0 amide bonds. The van der Waals surface area contributed by atoms with Gasteiger partial charge in [-0.3, -0.25) is 0 Å². The number of hydrogen-bond acceptors (Lipinski definition) is 3. The van der Waals surface area contributed by atoms with Crippen molar-refractivity contribution in [3.05, 3.63) is 103 Å².